The molecule has 190 valence electrons. The second-order valence-corrected chi connectivity index (χ2v) is 10.0. The fourth-order valence-electron chi connectivity index (χ4n) is 5.39. The normalized spacial score (nSPS) is 17.4. The highest BCUT2D eigenvalue weighted by molar-refractivity contribution is 5.95. The largest absolute Gasteiger partial charge is 0.488 e. The van der Waals surface area contributed by atoms with E-state index in [1.54, 1.807) is 6.07 Å². The van der Waals surface area contributed by atoms with Gasteiger partial charge in [0.05, 0.1) is 11.0 Å². The molecule has 0 bridgehead atoms. The van der Waals surface area contributed by atoms with Crippen LogP contribution in [0.1, 0.15) is 28.7 Å². The average molecular weight is 499 g/mol. The number of nitrogens with zero attached hydrogens (tertiary/aromatic N) is 3. The van der Waals surface area contributed by atoms with Crippen molar-refractivity contribution in [3.8, 4) is 5.75 Å². The molecular weight excluding hydrogens is 467 g/mol. The molecule has 0 spiro atoms. The third kappa shape index (κ3) is 4.84. The minimum absolute atomic E-state index is 0.0767. The van der Waals surface area contributed by atoms with Crippen molar-refractivity contribution in [2.75, 3.05) is 39.8 Å². The number of imidazole rings is 1. The van der Waals surface area contributed by atoms with Gasteiger partial charge in [-0.2, -0.15) is 0 Å². The van der Waals surface area contributed by atoms with Crippen molar-refractivity contribution < 1.29 is 9.13 Å². The first kappa shape index (κ1) is 23.7. The van der Waals surface area contributed by atoms with Gasteiger partial charge in [0, 0.05) is 44.4 Å². The van der Waals surface area contributed by atoms with Crippen molar-refractivity contribution >= 4 is 22.7 Å². The molecular formula is C30H31FN4O2. The molecule has 7 heteroatoms. The lowest BCUT2D eigenvalue weighted by Crippen LogP contribution is -2.44. The van der Waals surface area contributed by atoms with Gasteiger partial charge in [0.2, 0.25) is 0 Å². The molecule has 4 aromatic rings. The van der Waals surface area contributed by atoms with E-state index >= 15 is 0 Å². The number of benzene rings is 3. The van der Waals surface area contributed by atoms with Crippen LogP contribution in [0.15, 0.2) is 65.5 Å². The highest BCUT2D eigenvalue weighted by Crippen LogP contribution is 2.38. The number of halogens is 1. The number of aromatic amines is 1. The Labute approximate surface area is 215 Å². The maximum Gasteiger partial charge on any atom is 0.326 e. The Balaban J connectivity index is 1.30. The molecule has 1 fully saturated rings. The molecule has 37 heavy (non-hydrogen) atoms. The van der Waals surface area contributed by atoms with Crippen LogP contribution in [0.4, 0.5) is 4.39 Å². The van der Waals surface area contributed by atoms with Crippen LogP contribution in [-0.4, -0.2) is 59.1 Å². The maximum atomic E-state index is 14.0. The zero-order valence-corrected chi connectivity index (χ0v) is 21.0. The van der Waals surface area contributed by atoms with Crippen LogP contribution in [-0.2, 0) is 13.2 Å². The van der Waals surface area contributed by atoms with Gasteiger partial charge in [-0.05, 0) is 72.6 Å². The van der Waals surface area contributed by atoms with E-state index in [1.807, 2.05) is 41.0 Å². The molecule has 3 heterocycles. The molecule has 0 aliphatic carbocycles. The summed E-state index contributed by atoms with van der Waals surface area (Å²) >= 11 is 0. The number of H-pyrrole nitrogens is 1. The summed E-state index contributed by atoms with van der Waals surface area (Å²) < 4.78 is 21.8. The number of hydrogen-bond donors (Lipinski definition) is 1. The minimum Gasteiger partial charge on any atom is -0.488 e. The lowest BCUT2D eigenvalue weighted by Gasteiger charge is -2.32. The lowest BCUT2D eigenvalue weighted by molar-refractivity contribution is 0.151. The van der Waals surface area contributed by atoms with E-state index in [1.165, 1.54) is 12.1 Å². The van der Waals surface area contributed by atoms with E-state index in [9.17, 15) is 9.18 Å². The van der Waals surface area contributed by atoms with Gasteiger partial charge in [0.25, 0.3) is 0 Å². The van der Waals surface area contributed by atoms with Crippen molar-refractivity contribution in [1.29, 1.82) is 0 Å². The number of ether oxygens (including phenoxy) is 1. The summed E-state index contributed by atoms with van der Waals surface area (Å²) in [5.41, 5.74) is 6.54. The van der Waals surface area contributed by atoms with Crippen LogP contribution in [0.3, 0.4) is 0 Å². The molecule has 2 aliphatic rings. The number of fused-ring (bicyclic) bond motifs is 3. The second-order valence-electron chi connectivity index (χ2n) is 10.0. The Morgan fingerprint density at radius 1 is 0.973 bits per heavy atom. The molecule has 0 radical (unpaired) electrons. The standard InChI is InChI=1S/C30H31FN4O2/c1-33-13-15-34(16-14-33)11-4-12-35-28-10-7-21(18-27(28)32-30(35)36)17-26-24-6-3-2-5-22(24)20-37-29-19-23(31)8-9-25(26)29/h2-3,5-10,17-19H,4,11-16,20H2,1H3,(H,32,36)/b26-17+. The van der Waals surface area contributed by atoms with Gasteiger partial charge < -0.3 is 19.5 Å². The quantitative estimate of drug-likeness (QED) is 0.438. The summed E-state index contributed by atoms with van der Waals surface area (Å²) in [5.74, 6) is 0.209. The number of likely N-dealkylation sites (N-methyl/N-ethyl adjacent to an activating group) is 1. The summed E-state index contributed by atoms with van der Waals surface area (Å²) in [5, 5.41) is 0. The molecule has 0 atom stereocenters. The van der Waals surface area contributed by atoms with Gasteiger partial charge in [-0.15, -0.1) is 0 Å². The van der Waals surface area contributed by atoms with Gasteiger partial charge in [0.1, 0.15) is 18.2 Å². The zero-order chi connectivity index (χ0) is 25.4. The zero-order valence-electron chi connectivity index (χ0n) is 21.0. The molecule has 0 amide bonds. The highest BCUT2D eigenvalue weighted by Gasteiger charge is 2.20. The molecule has 0 unspecified atom stereocenters. The van der Waals surface area contributed by atoms with E-state index < -0.39 is 0 Å². The van der Waals surface area contributed by atoms with Crippen molar-refractivity contribution in [3.63, 3.8) is 0 Å². The topological polar surface area (TPSA) is 53.5 Å². The molecule has 6 rings (SSSR count). The Kier molecular flexibility index (Phi) is 6.40. The van der Waals surface area contributed by atoms with Crippen LogP contribution >= 0.6 is 0 Å². The van der Waals surface area contributed by atoms with Crippen molar-refractivity contribution in [2.45, 2.75) is 19.6 Å². The smallest absolute Gasteiger partial charge is 0.326 e. The SMILES string of the molecule is CN1CCN(CCCn2c(=O)[nH]c3cc(/C=C4\c5ccccc5COc5cc(F)ccc54)ccc32)CC1. The van der Waals surface area contributed by atoms with Gasteiger partial charge in [0.15, 0.2) is 0 Å². The molecule has 2 aliphatic heterocycles. The molecule has 0 saturated carbocycles. The maximum absolute atomic E-state index is 14.0. The van der Waals surface area contributed by atoms with Crippen LogP contribution in [0, 0.1) is 5.82 Å². The molecule has 1 saturated heterocycles. The third-order valence-corrected chi connectivity index (χ3v) is 7.49. The monoisotopic (exact) mass is 498 g/mol. The summed E-state index contributed by atoms with van der Waals surface area (Å²) in [6.45, 7) is 6.44. The Morgan fingerprint density at radius 2 is 1.81 bits per heavy atom. The van der Waals surface area contributed by atoms with Crippen LogP contribution in [0.5, 0.6) is 5.75 Å². The van der Waals surface area contributed by atoms with E-state index in [4.69, 9.17) is 4.74 Å². The third-order valence-electron chi connectivity index (χ3n) is 7.49. The van der Waals surface area contributed by atoms with Crippen molar-refractivity contribution in [2.24, 2.45) is 0 Å². The number of aryl methyl sites for hydroxylation is 1. The number of piperazine rings is 1. The number of rotatable bonds is 5. The van der Waals surface area contributed by atoms with Gasteiger partial charge in [-0.1, -0.05) is 30.3 Å². The minimum atomic E-state index is -0.322. The summed E-state index contributed by atoms with van der Waals surface area (Å²) in [6, 6.07) is 18.8. The number of aromatic nitrogens is 2. The number of nitrogens with one attached hydrogen (secondary N) is 1. The summed E-state index contributed by atoms with van der Waals surface area (Å²) in [4.78, 5) is 20.7. The summed E-state index contributed by atoms with van der Waals surface area (Å²) in [6.07, 6.45) is 3.03. The van der Waals surface area contributed by atoms with Crippen molar-refractivity contribution in [3.05, 3.63) is 99.2 Å². The lowest BCUT2D eigenvalue weighted by atomic mass is 9.92. The van der Waals surface area contributed by atoms with Crippen molar-refractivity contribution in [1.82, 2.24) is 19.4 Å². The van der Waals surface area contributed by atoms with E-state index in [0.717, 1.165) is 78.0 Å². The Morgan fingerprint density at radius 3 is 2.68 bits per heavy atom. The molecule has 1 aromatic heterocycles. The van der Waals surface area contributed by atoms with E-state index in [2.05, 4.69) is 34.0 Å². The molecule has 3 aromatic carbocycles. The van der Waals surface area contributed by atoms with E-state index in [-0.39, 0.29) is 11.5 Å². The average Bonchev–Trinajstić information content (AvgIpc) is 3.13. The molecule has 6 nitrogen and oxygen atoms in total. The van der Waals surface area contributed by atoms with Crippen LogP contribution < -0.4 is 10.4 Å². The van der Waals surface area contributed by atoms with Crippen LogP contribution in [0.2, 0.25) is 0 Å². The first-order chi connectivity index (χ1) is 18.0. The highest BCUT2D eigenvalue weighted by atomic mass is 19.1. The predicted octanol–water partition coefficient (Wildman–Crippen LogP) is 4.59. The Hall–Kier alpha value is -3.68. The Bertz CT molecular complexity index is 1530. The van der Waals surface area contributed by atoms with Crippen LogP contribution in [0.25, 0.3) is 22.7 Å². The first-order valence-electron chi connectivity index (χ1n) is 12.9. The fourth-order valence-corrected chi connectivity index (χ4v) is 5.39. The van der Waals surface area contributed by atoms with E-state index in [0.29, 0.717) is 18.9 Å². The molecule has 1 N–H and O–H groups in total. The predicted molar refractivity (Wildman–Crippen MR) is 145 cm³/mol. The van der Waals surface area contributed by atoms with Gasteiger partial charge in [-0.25, -0.2) is 9.18 Å². The van der Waals surface area contributed by atoms with Gasteiger partial charge >= 0.3 is 5.69 Å². The fraction of sp³-hybridized carbons (Fsp3) is 0.300. The summed E-state index contributed by atoms with van der Waals surface area (Å²) in [7, 11) is 2.16. The van der Waals surface area contributed by atoms with Gasteiger partial charge in [-0.3, -0.25) is 4.57 Å². The first-order valence-corrected chi connectivity index (χ1v) is 12.9. The second kappa shape index (κ2) is 10.00. The number of hydrogen-bond acceptors (Lipinski definition) is 4.